The Bertz CT molecular complexity index is 263. The van der Waals surface area contributed by atoms with Crippen LogP contribution in [0.5, 0.6) is 0 Å². The number of nitrogens with zero attached hydrogens (tertiary/aromatic N) is 2. The number of hydrogen-bond donors (Lipinski definition) is 0. The number of likely N-dealkylation sites (tertiary alicyclic amines) is 1. The van der Waals surface area contributed by atoms with Crippen LogP contribution in [0.4, 0.5) is 0 Å². The van der Waals surface area contributed by atoms with Gasteiger partial charge in [0.15, 0.2) is 0 Å². The van der Waals surface area contributed by atoms with Gasteiger partial charge in [-0.2, -0.15) is 0 Å². The maximum absolute atomic E-state index is 12.1. The van der Waals surface area contributed by atoms with Crippen molar-refractivity contribution in [3.63, 3.8) is 0 Å². The molecule has 0 saturated carbocycles. The SMILES string of the molecule is CC(C)CN(C)CC1CC(C)N1C(=O)C(C)C. The summed E-state index contributed by atoms with van der Waals surface area (Å²) in [6.07, 6.45) is 1.15. The van der Waals surface area contributed by atoms with Crippen molar-refractivity contribution in [2.45, 2.75) is 53.1 Å². The van der Waals surface area contributed by atoms with Crippen LogP contribution < -0.4 is 0 Å². The fourth-order valence-corrected chi connectivity index (χ4v) is 2.76. The summed E-state index contributed by atoms with van der Waals surface area (Å²) >= 11 is 0. The maximum atomic E-state index is 12.1. The van der Waals surface area contributed by atoms with Crippen LogP contribution in [0.1, 0.15) is 41.0 Å². The molecule has 0 aromatic heterocycles. The lowest BCUT2D eigenvalue weighted by Crippen LogP contribution is -2.61. The van der Waals surface area contributed by atoms with Crippen molar-refractivity contribution in [3.05, 3.63) is 0 Å². The molecule has 0 aliphatic carbocycles. The van der Waals surface area contributed by atoms with Crippen molar-refractivity contribution in [2.75, 3.05) is 20.1 Å². The standard InChI is InChI=1S/C14H28N2O/c1-10(2)8-15(6)9-13-7-12(5)16(13)14(17)11(3)4/h10-13H,7-9H2,1-6H3. The van der Waals surface area contributed by atoms with Crippen LogP contribution in [0.25, 0.3) is 0 Å². The Labute approximate surface area is 106 Å². The Balaban J connectivity index is 2.47. The summed E-state index contributed by atoms with van der Waals surface area (Å²) in [6, 6.07) is 0.867. The summed E-state index contributed by atoms with van der Waals surface area (Å²) in [4.78, 5) is 16.5. The van der Waals surface area contributed by atoms with E-state index in [4.69, 9.17) is 0 Å². The Hall–Kier alpha value is -0.570. The van der Waals surface area contributed by atoms with Crippen molar-refractivity contribution in [1.82, 2.24) is 9.80 Å². The van der Waals surface area contributed by atoms with Gasteiger partial charge in [-0.1, -0.05) is 27.7 Å². The number of carbonyl (C=O) groups is 1. The molecule has 0 spiro atoms. The van der Waals surface area contributed by atoms with E-state index in [-0.39, 0.29) is 5.92 Å². The van der Waals surface area contributed by atoms with E-state index in [1.165, 1.54) is 0 Å². The third-order valence-electron chi connectivity index (χ3n) is 3.43. The lowest BCUT2D eigenvalue weighted by Gasteiger charge is -2.49. The second-order valence-electron chi connectivity index (χ2n) is 6.25. The predicted molar refractivity (Wildman–Crippen MR) is 71.9 cm³/mol. The van der Waals surface area contributed by atoms with Gasteiger partial charge in [-0.3, -0.25) is 4.79 Å². The van der Waals surface area contributed by atoms with E-state index in [1.54, 1.807) is 0 Å². The molecule has 100 valence electrons. The first-order valence-corrected chi connectivity index (χ1v) is 6.83. The minimum atomic E-state index is 0.121. The zero-order valence-corrected chi connectivity index (χ0v) is 12.2. The van der Waals surface area contributed by atoms with E-state index in [9.17, 15) is 4.79 Å². The summed E-state index contributed by atoms with van der Waals surface area (Å²) in [5.74, 6) is 1.12. The highest BCUT2D eigenvalue weighted by molar-refractivity contribution is 5.79. The number of rotatable bonds is 5. The van der Waals surface area contributed by atoms with Crippen LogP contribution in [0.2, 0.25) is 0 Å². The number of hydrogen-bond acceptors (Lipinski definition) is 2. The second kappa shape index (κ2) is 5.85. The topological polar surface area (TPSA) is 23.6 Å². The minimum Gasteiger partial charge on any atom is -0.335 e. The largest absolute Gasteiger partial charge is 0.335 e. The lowest BCUT2D eigenvalue weighted by molar-refractivity contribution is -0.148. The van der Waals surface area contributed by atoms with Crippen molar-refractivity contribution < 1.29 is 4.79 Å². The van der Waals surface area contributed by atoms with E-state index in [0.717, 1.165) is 19.5 Å². The van der Waals surface area contributed by atoms with Gasteiger partial charge in [-0.25, -0.2) is 0 Å². The fourth-order valence-electron chi connectivity index (χ4n) is 2.76. The van der Waals surface area contributed by atoms with Crippen LogP contribution in [0.15, 0.2) is 0 Å². The van der Waals surface area contributed by atoms with Crippen LogP contribution in [0, 0.1) is 11.8 Å². The van der Waals surface area contributed by atoms with Crippen molar-refractivity contribution in [3.8, 4) is 0 Å². The van der Waals surface area contributed by atoms with E-state index in [0.29, 0.717) is 23.9 Å². The Morgan fingerprint density at radius 2 is 1.94 bits per heavy atom. The molecule has 1 fully saturated rings. The number of amides is 1. The van der Waals surface area contributed by atoms with Gasteiger partial charge in [0.2, 0.25) is 5.91 Å². The van der Waals surface area contributed by atoms with Gasteiger partial charge in [0.05, 0.1) is 0 Å². The smallest absolute Gasteiger partial charge is 0.225 e. The third-order valence-corrected chi connectivity index (χ3v) is 3.43. The van der Waals surface area contributed by atoms with Gasteiger partial charge in [0.1, 0.15) is 0 Å². The fraction of sp³-hybridized carbons (Fsp3) is 0.929. The second-order valence-corrected chi connectivity index (χ2v) is 6.25. The first kappa shape index (κ1) is 14.5. The zero-order chi connectivity index (χ0) is 13.2. The van der Waals surface area contributed by atoms with Gasteiger partial charge in [0.25, 0.3) is 0 Å². The molecule has 0 aromatic rings. The van der Waals surface area contributed by atoms with Gasteiger partial charge in [-0.05, 0) is 26.3 Å². The summed E-state index contributed by atoms with van der Waals surface area (Å²) in [5, 5.41) is 0. The van der Waals surface area contributed by atoms with Gasteiger partial charge in [-0.15, -0.1) is 0 Å². The monoisotopic (exact) mass is 240 g/mol. The Kier molecular flexibility index (Phi) is 4.99. The van der Waals surface area contributed by atoms with E-state index in [1.807, 2.05) is 13.8 Å². The first-order chi connectivity index (χ1) is 7.82. The third kappa shape index (κ3) is 3.70. The van der Waals surface area contributed by atoms with Crippen LogP contribution >= 0.6 is 0 Å². The normalized spacial score (nSPS) is 24.6. The van der Waals surface area contributed by atoms with Crippen molar-refractivity contribution >= 4 is 5.91 Å². The molecule has 3 nitrogen and oxygen atoms in total. The van der Waals surface area contributed by atoms with E-state index in [2.05, 4.69) is 37.6 Å². The van der Waals surface area contributed by atoms with Crippen molar-refractivity contribution in [2.24, 2.45) is 11.8 Å². The van der Waals surface area contributed by atoms with Gasteiger partial charge in [0, 0.05) is 31.1 Å². The molecule has 1 aliphatic heterocycles. The summed E-state index contributed by atoms with van der Waals surface area (Å²) in [5.41, 5.74) is 0. The minimum absolute atomic E-state index is 0.121. The molecule has 0 N–H and O–H groups in total. The summed E-state index contributed by atoms with van der Waals surface area (Å²) in [6.45, 7) is 12.7. The zero-order valence-electron chi connectivity index (χ0n) is 12.2. The highest BCUT2D eigenvalue weighted by Crippen LogP contribution is 2.27. The molecular weight excluding hydrogens is 212 g/mol. The average Bonchev–Trinajstić information content (AvgIpc) is 2.14. The molecule has 1 aliphatic rings. The highest BCUT2D eigenvalue weighted by atomic mass is 16.2. The lowest BCUT2D eigenvalue weighted by atomic mass is 9.91. The molecule has 0 aromatic carbocycles. The Morgan fingerprint density at radius 3 is 2.35 bits per heavy atom. The molecule has 1 amide bonds. The molecule has 2 unspecified atom stereocenters. The maximum Gasteiger partial charge on any atom is 0.225 e. The van der Waals surface area contributed by atoms with Crippen LogP contribution in [-0.4, -0.2) is 47.9 Å². The highest BCUT2D eigenvalue weighted by Gasteiger charge is 2.39. The quantitative estimate of drug-likeness (QED) is 0.735. The molecular formula is C14H28N2O. The summed E-state index contributed by atoms with van der Waals surface area (Å²) in [7, 11) is 2.15. The number of carbonyl (C=O) groups excluding carboxylic acids is 1. The van der Waals surface area contributed by atoms with E-state index < -0.39 is 0 Å². The van der Waals surface area contributed by atoms with Gasteiger partial charge < -0.3 is 9.80 Å². The molecule has 1 heterocycles. The molecule has 3 heteroatoms. The molecule has 17 heavy (non-hydrogen) atoms. The van der Waals surface area contributed by atoms with E-state index >= 15 is 0 Å². The molecule has 2 atom stereocenters. The average molecular weight is 240 g/mol. The molecule has 0 bridgehead atoms. The van der Waals surface area contributed by atoms with Gasteiger partial charge >= 0.3 is 0 Å². The summed E-state index contributed by atoms with van der Waals surface area (Å²) < 4.78 is 0. The van der Waals surface area contributed by atoms with Crippen molar-refractivity contribution in [1.29, 1.82) is 0 Å². The van der Waals surface area contributed by atoms with Crippen LogP contribution in [0.3, 0.4) is 0 Å². The number of likely N-dealkylation sites (N-methyl/N-ethyl adjacent to an activating group) is 1. The first-order valence-electron chi connectivity index (χ1n) is 6.83. The molecule has 1 rings (SSSR count). The Morgan fingerprint density at radius 1 is 1.35 bits per heavy atom. The molecule has 1 saturated heterocycles. The van der Waals surface area contributed by atoms with Crippen LogP contribution in [-0.2, 0) is 4.79 Å². The predicted octanol–water partition coefficient (Wildman–Crippen LogP) is 2.22. The molecule has 0 radical (unpaired) electrons.